The van der Waals surface area contributed by atoms with Crippen LogP contribution in [0.5, 0.6) is 5.75 Å². The minimum absolute atomic E-state index is 0.0551. The number of nitrogens with one attached hydrogen (secondary N) is 1. The van der Waals surface area contributed by atoms with Crippen LogP contribution in [0.4, 0.5) is 0 Å². The molecule has 0 radical (unpaired) electrons. The maximum atomic E-state index is 12.7. The molecule has 1 aliphatic rings. The van der Waals surface area contributed by atoms with E-state index < -0.39 is 48.3 Å². The zero-order valence-electron chi connectivity index (χ0n) is 21.8. The van der Waals surface area contributed by atoms with E-state index in [9.17, 15) is 19.5 Å². The topological polar surface area (TPSA) is 158 Å². The number of ether oxygens (including phenoxy) is 4. The average Bonchev–Trinajstić information content (AvgIpc) is 3.30. The summed E-state index contributed by atoms with van der Waals surface area (Å²) in [6.45, 7) is 6.95. The van der Waals surface area contributed by atoms with Gasteiger partial charge in [0.15, 0.2) is 12.2 Å². The summed E-state index contributed by atoms with van der Waals surface area (Å²) in [5, 5.41) is 20.7. The third kappa shape index (κ3) is 5.31. The van der Waals surface area contributed by atoms with Crippen LogP contribution in [0.15, 0.2) is 33.5 Å². The van der Waals surface area contributed by atoms with Crippen molar-refractivity contribution in [2.75, 3.05) is 7.11 Å². The molecular formula is C27H31NO10. The Bertz CT molecular complexity index is 1410. The van der Waals surface area contributed by atoms with Crippen LogP contribution in [0.25, 0.3) is 11.0 Å². The molecule has 0 aliphatic carbocycles. The van der Waals surface area contributed by atoms with Gasteiger partial charge in [-0.15, -0.1) is 0 Å². The van der Waals surface area contributed by atoms with Crippen molar-refractivity contribution >= 4 is 22.9 Å². The standard InChI is InChI=1S/C27H31NO10/c1-12-6-9-18(28-12)26(33)38-24-21(31)27(35-15(4)23(24)34-5)36-19-10-7-16-13(2)17(8-11-20(29)30)25(32)37-22(16)14(19)3/h6-7,9-10,15,21,23-24,27-28,31H,8,11H2,1-5H3,(H,29,30)/t15-,21+,23-,24-,27-/m0/s1. The van der Waals surface area contributed by atoms with Crippen molar-refractivity contribution in [3.63, 3.8) is 0 Å². The zero-order valence-corrected chi connectivity index (χ0v) is 21.8. The number of rotatable bonds is 8. The first kappa shape index (κ1) is 27.4. The van der Waals surface area contributed by atoms with E-state index in [1.807, 2.05) is 0 Å². The summed E-state index contributed by atoms with van der Waals surface area (Å²) >= 11 is 0. The molecule has 0 unspecified atom stereocenters. The molecule has 3 aromatic rings. The summed E-state index contributed by atoms with van der Waals surface area (Å²) in [5.41, 5.74) is 2.10. The van der Waals surface area contributed by atoms with Crippen molar-refractivity contribution in [1.29, 1.82) is 0 Å². The van der Waals surface area contributed by atoms with E-state index >= 15 is 0 Å². The van der Waals surface area contributed by atoms with Gasteiger partial charge in [0.2, 0.25) is 6.29 Å². The maximum Gasteiger partial charge on any atom is 0.355 e. The number of fused-ring (bicyclic) bond motifs is 1. The van der Waals surface area contributed by atoms with Crippen LogP contribution in [0.3, 0.4) is 0 Å². The van der Waals surface area contributed by atoms with Crippen LogP contribution in [0, 0.1) is 20.8 Å². The number of carboxylic acids is 1. The normalized spacial score (nSPS) is 23.4. The number of hydrogen-bond donors (Lipinski definition) is 3. The van der Waals surface area contributed by atoms with Gasteiger partial charge in [-0.2, -0.15) is 0 Å². The molecule has 1 aromatic carbocycles. The maximum absolute atomic E-state index is 12.7. The van der Waals surface area contributed by atoms with Crippen molar-refractivity contribution in [2.24, 2.45) is 0 Å². The summed E-state index contributed by atoms with van der Waals surface area (Å²) in [6.07, 6.45) is -5.22. The largest absolute Gasteiger partial charge is 0.481 e. The van der Waals surface area contributed by atoms with E-state index in [4.69, 9.17) is 28.5 Å². The third-order valence-corrected chi connectivity index (χ3v) is 6.80. The summed E-state index contributed by atoms with van der Waals surface area (Å²) in [4.78, 5) is 39.2. The zero-order chi connectivity index (χ0) is 27.7. The van der Waals surface area contributed by atoms with E-state index in [0.29, 0.717) is 22.1 Å². The van der Waals surface area contributed by atoms with Crippen molar-refractivity contribution in [2.45, 2.75) is 71.2 Å². The number of carbonyl (C=O) groups is 2. The second-order valence-electron chi connectivity index (χ2n) is 9.40. The van der Waals surface area contributed by atoms with Gasteiger partial charge in [0.1, 0.15) is 23.1 Å². The molecule has 4 rings (SSSR count). The van der Waals surface area contributed by atoms with Crippen molar-refractivity contribution < 1.29 is 43.2 Å². The first-order chi connectivity index (χ1) is 18.0. The van der Waals surface area contributed by atoms with E-state index in [1.54, 1.807) is 52.0 Å². The highest BCUT2D eigenvalue weighted by Crippen LogP contribution is 2.33. The Hall–Kier alpha value is -3.67. The Balaban J connectivity index is 1.61. The first-order valence-electron chi connectivity index (χ1n) is 12.2. The molecular weight excluding hydrogens is 498 g/mol. The van der Waals surface area contributed by atoms with Gasteiger partial charge in [-0.3, -0.25) is 4.79 Å². The molecule has 204 valence electrons. The number of aliphatic carboxylic acids is 1. The molecule has 11 nitrogen and oxygen atoms in total. The molecule has 0 spiro atoms. The molecule has 1 aliphatic heterocycles. The van der Waals surface area contributed by atoms with Crippen molar-refractivity contribution in [3.05, 3.63) is 62.8 Å². The highest BCUT2D eigenvalue weighted by Gasteiger charge is 2.48. The molecule has 3 N–H and O–H groups in total. The predicted molar refractivity (Wildman–Crippen MR) is 134 cm³/mol. The molecule has 0 bridgehead atoms. The number of benzene rings is 1. The lowest BCUT2D eigenvalue weighted by atomic mass is 9.99. The Morgan fingerprint density at radius 1 is 1.08 bits per heavy atom. The van der Waals surface area contributed by atoms with Gasteiger partial charge in [0.25, 0.3) is 0 Å². The SMILES string of the molecule is CO[C@@H]1[C@@H](OC(=O)c2ccc(C)[nH]2)[C@@H](O)[C@H](Oc2ccc3c(C)c(CCC(=O)O)c(=O)oc3c2C)O[C@H]1C. The summed E-state index contributed by atoms with van der Waals surface area (Å²) < 4.78 is 28.5. The highest BCUT2D eigenvalue weighted by molar-refractivity contribution is 5.88. The lowest BCUT2D eigenvalue weighted by molar-refractivity contribution is -0.272. The number of aromatic amines is 1. The number of methoxy groups -OCH3 is 1. The molecule has 1 fully saturated rings. The smallest absolute Gasteiger partial charge is 0.355 e. The van der Waals surface area contributed by atoms with Gasteiger partial charge in [0.05, 0.1) is 6.10 Å². The average molecular weight is 530 g/mol. The molecule has 0 saturated carbocycles. The van der Waals surface area contributed by atoms with Gasteiger partial charge in [-0.05, 0) is 63.9 Å². The van der Waals surface area contributed by atoms with E-state index in [2.05, 4.69) is 4.98 Å². The molecule has 1 saturated heterocycles. The van der Waals surface area contributed by atoms with E-state index in [0.717, 1.165) is 5.69 Å². The quantitative estimate of drug-likeness (QED) is 0.293. The fourth-order valence-electron chi connectivity index (χ4n) is 4.70. The highest BCUT2D eigenvalue weighted by atomic mass is 16.7. The van der Waals surface area contributed by atoms with Crippen LogP contribution in [0.2, 0.25) is 0 Å². The van der Waals surface area contributed by atoms with Crippen LogP contribution in [0.1, 0.15) is 46.2 Å². The molecule has 38 heavy (non-hydrogen) atoms. The number of carboxylic acid groups (broad SMARTS) is 1. The minimum atomic E-state index is -1.40. The number of aliphatic hydroxyl groups excluding tert-OH is 1. The fraction of sp³-hybridized carbons (Fsp3) is 0.444. The summed E-state index contributed by atoms with van der Waals surface area (Å²) in [7, 11) is 1.43. The van der Waals surface area contributed by atoms with Gasteiger partial charge in [0, 0.05) is 35.7 Å². The van der Waals surface area contributed by atoms with E-state index in [1.165, 1.54) is 7.11 Å². The van der Waals surface area contributed by atoms with Crippen LogP contribution < -0.4 is 10.4 Å². The number of aryl methyl sites for hydroxylation is 3. The van der Waals surface area contributed by atoms with Gasteiger partial charge in [-0.1, -0.05) is 0 Å². The molecule has 0 amide bonds. The lowest BCUT2D eigenvalue weighted by Crippen LogP contribution is -2.60. The van der Waals surface area contributed by atoms with Gasteiger partial charge >= 0.3 is 17.6 Å². The van der Waals surface area contributed by atoms with Crippen molar-refractivity contribution in [3.8, 4) is 5.75 Å². The third-order valence-electron chi connectivity index (χ3n) is 6.80. The second-order valence-corrected chi connectivity index (χ2v) is 9.40. The number of carbonyl (C=O) groups excluding carboxylic acids is 1. The van der Waals surface area contributed by atoms with Crippen molar-refractivity contribution in [1.82, 2.24) is 4.98 Å². The van der Waals surface area contributed by atoms with Gasteiger partial charge in [-0.25, -0.2) is 9.59 Å². The molecule has 3 heterocycles. The Morgan fingerprint density at radius 3 is 2.45 bits per heavy atom. The number of esters is 1. The number of hydrogen-bond acceptors (Lipinski definition) is 9. The van der Waals surface area contributed by atoms with Crippen LogP contribution >= 0.6 is 0 Å². The molecule has 11 heteroatoms. The second kappa shape index (κ2) is 11.0. The summed E-state index contributed by atoms with van der Waals surface area (Å²) in [5.74, 6) is -1.38. The fourth-order valence-corrected chi connectivity index (χ4v) is 4.70. The Morgan fingerprint density at radius 2 is 1.82 bits per heavy atom. The van der Waals surface area contributed by atoms with Crippen LogP contribution in [-0.4, -0.2) is 65.0 Å². The number of aromatic nitrogens is 1. The number of aliphatic hydroxyl groups is 1. The van der Waals surface area contributed by atoms with Crippen LogP contribution in [-0.2, 0) is 25.4 Å². The molecule has 5 atom stereocenters. The van der Waals surface area contributed by atoms with E-state index in [-0.39, 0.29) is 29.9 Å². The number of H-pyrrole nitrogens is 1. The first-order valence-corrected chi connectivity index (χ1v) is 12.2. The monoisotopic (exact) mass is 529 g/mol. The lowest BCUT2D eigenvalue weighted by Gasteiger charge is -2.42. The minimum Gasteiger partial charge on any atom is -0.481 e. The summed E-state index contributed by atoms with van der Waals surface area (Å²) in [6, 6.07) is 6.67. The predicted octanol–water partition coefficient (Wildman–Crippen LogP) is 2.79. The Labute approximate surface area is 218 Å². The Kier molecular flexibility index (Phi) is 7.91. The molecule has 2 aromatic heterocycles. The van der Waals surface area contributed by atoms with Gasteiger partial charge < -0.3 is 38.6 Å².